The minimum Gasteiger partial charge on any atom is -0.459 e. The zero-order chi connectivity index (χ0) is 26.0. The Bertz CT molecular complexity index is 1040. The fourth-order valence-electron chi connectivity index (χ4n) is 9.75. The van der Waals surface area contributed by atoms with Crippen LogP contribution in [0.2, 0.25) is 0 Å². The van der Waals surface area contributed by atoms with E-state index in [1.54, 1.807) is 5.57 Å². The van der Waals surface area contributed by atoms with E-state index < -0.39 is 0 Å². The van der Waals surface area contributed by atoms with E-state index in [2.05, 4.69) is 40.7 Å². The summed E-state index contributed by atoms with van der Waals surface area (Å²) in [7, 11) is 0. The number of hydrogen-bond acceptors (Lipinski definition) is 3. The van der Waals surface area contributed by atoms with Crippen LogP contribution in [0.3, 0.4) is 0 Å². The van der Waals surface area contributed by atoms with E-state index in [1.165, 1.54) is 38.5 Å². The van der Waals surface area contributed by atoms with E-state index in [9.17, 15) is 4.79 Å². The lowest BCUT2D eigenvalue weighted by Crippen LogP contribution is -2.54. The molecule has 0 aromatic heterocycles. The molecule has 0 radical (unpaired) electrons. The van der Waals surface area contributed by atoms with Crippen molar-refractivity contribution >= 4 is 5.97 Å². The average Bonchev–Trinajstić information content (AvgIpc) is 3.54. The van der Waals surface area contributed by atoms with Gasteiger partial charge in [-0.2, -0.15) is 0 Å². The fraction of sp³-hybridized carbons (Fsp3) is 0.735. The molecule has 6 rings (SSSR count). The van der Waals surface area contributed by atoms with Crippen molar-refractivity contribution in [3.63, 3.8) is 0 Å². The topological polar surface area (TPSA) is 38.8 Å². The van der Waals surface area contributed by atoms with E-state index in [0.717, 1.165) is 43.4 Å². The molecule has 1 heterocycles. The Morgan fingerprint density at radius 1 is 1.05 bits per heavy atom. The quantitative estimate of drug-likeness (QED) is 0.213. The molecular formula is C34H48O3. The molecular weight excluding hydrogens is 456 g/mol. The lowest BCUT2D eigenvalue weighted by molar-refractivity contribution is -0.0665. The summed E-state index contributed by atoms with van der Waals surface area (Å²) < 4.78 is 12.8. The largest absolute Gasteiger partial charge is 0.459 e. The van der Waals surface area contributed by atoms with Crippen LogP contribution in [0, 0.1) is 40.4 Å². The Labute approximate surface area is 224 Å². The average molecular weight is 505 g/mol. The van der Waals surface area contributed by atoms with E-state index in [4.69, 9.17) is 9.47 Å². The molecule has 1 aliphatic heterocycles. The number of allylic oxidation sites excluding steroid dienone is 1. The molecule has 1 spiro atoms. The summed E-state index contributed by atoms with van der Waals surface area (Å²) in [6.07, 6.45) is 15.3. The van der Waals surface area contributed by atoms with Crippen molar-refractivity contribution in [2.75, 3.05) is 0 Å². The minimum atomic E-state index is -0.165. The molecule has 0 amide bonds. The molecule has 1 aromatic rings. The predicted octanol–water partition coefficient (Wildman–Crippen LogP) is 8.38. The third-order valence-corrected chi connectivity index (χ3v) is 11.9. The number of fused-ring (bicyclic) bond motifs is 3. The van der Waals surface area contributed by atoms with Gasteiger partial charge >= 0.3 is 5.97 Å². The number of hydrogen-bond donors (Lipinski definition) is 0. The summed E-state index contributed by atoms with van der Waals surface area (Å²) >= 11 is 0. The van der Waals surface area contributed by atoms with Gasteiger partial charge in [-0.25, -0.2) is 4.79 Å². The maximum Gasteiger partial charge on any atom is 0.338 e. The third-order valence-electron chi connectivity index (χ3n) is 11.9. The summed E-state index contributed by atoms with van der Waals surface area (Å²) in [5.74, 6) is 3.44. The van der Waals surface area contributed by atoms with Gasteiger partial charge in [0, 0.05) is 5.41 Å². The summed E-state index contributed by atoms with van der Waals surface area (Å²) in [6, 6.07) is 9.47. The summed E-state index contributed by atoms with van der Waals surface area (Å²) in [5.41, 5.74) is 2.97. The highest BCUT2D eigenvalue weighted by atomic mass is 16.6. The molecule has 37 heavy (non-hydrogen) atoms. The first kappa shape index (κ1) is 25.7. The minimum absolute atomic E-state index is 0.0253. The van der Waals surface area contributed by atoms with Gasteiger partial charge in [-0.15, -0.1) is 0 Å². The number of benzene rings is 1. The summed E-state index contributed by atoms with van der Waals surface area (Å²) in [4.78, 5) is 12.7. The summed E-state index contributed by atoms with van der Waals surface area (Å²) in [5, 5.41) is 0. The van der Waals surface area contributed by atoms with Crippen molar-refractivity contribution in [2.45, 2.75) is 117 Å². The molecule has 3 nitrogen and oxygen atoms in total. The van der Waals surface area contributed by atoms with Crippen LogP contribution in [-0.4, -0.2) is 23.8 Å². The highest BCUT2D eigenvalue weighted by molar-refractivity contribution is 5.89. The molecule has 9 atom stereocenters. The molecule has 202 valence electrons. The van der Waals surface area contributed by atoms with Crippen LogP contribution in [0.1, 0.15) is 109 Å². The maximum atomic E-state index is 12.7. The molecule has 4 fully saturated rings. The van der Waals surface area contributed by atoms with Gasteiger partial charge in [0.15, 0.2) is 0 Å². The molecule has 3 heteroatoms. The lowest BCUT2D eigenvalue weighted by atomic mass is 9.47. The van der Waals surface area contributed by atoms with E-state index >= 15 is 0 Å². The highest BCUT2D eigenvalue weighted by Crippen LogP contribution is 2.76. The molecule has 0 bridgehead atoms. The van der Waals surface area contributed by atoms with Crippen LogP contribution in [0.15, 0.2) is 42.0 Å². The number of carbonyl (C=O) groups is 1. The van der Waals surface area contributed by atoms with Crippen LogP contribution >= 0.6 is 0 Å². The Morgan fingerprint density at radius 3 is 2.59 bits per heavy atom. The van der Waals surface area contributed by atoms with Gasteiger partial charge in [-0.05, 0) is 97.7 Å². The standard InChI is InChI=1S/C34H48O3/c1-22(2)10-9-11-23(3)29-21-30-34(37-30)28-15-14-25-20-26(36-31(35)24-12-7-6-8-13-24)16-18-32(25,4)27(28)17-19-33(29,34)5/h6-8,12-13,15,22-23,25-27,29-30H,9-11,14,16-21H2,1-5H3/t23-,25+,26+,27+,29-,30-,32+,33-,34?/m1/s1. The zero-order valence-electron chi connectivity index (χ0n) is 23.8. The van der Waals surface area contributed by atoms with E-state index in [0.29, 0.717) is 34.3 Å². The molecule has 1 aromatic carbocycles. The third kappa shape index (κ3) is 3.97. The van der Waals surface area contributed by atoms with Gasteiger partial charge in [0.05, 0.1) is 11.7 Å². The monoisotopic (exact) mass is 504 g/mol. The van der Waals surface area contributed by atoms with Gasteiger partial charge in [-0.1, -0.05) is 78.2 Å². The first-order valence-corrected chi connectivity index (χ1v) is 15.3. The van der Waals surface area contributed by atoms with Crippen molar-refractivity contribution in [3.05, 3.63) is 47.5 Å². The van der Waals surface area contributed by atoms with Crippen LogP contribution in [-0.2, 0) is 9.47 Å². The number of ether oxygens (including phenoxy) is 2. The Kier molecular flexibility index (Phi) is 6.41. The van der Waals surface area contributed by atoms with Crippen molar-refractivity contribution in [1.82, 2.24) is 0 Å². The number of carbonyl (C=O) groups excluding carboxylic acids is 1. The number of rotatable bonds is 7. The molecule has 3 saturated carbocycles. The fourth-order valence-corrected chi connectivity index (χ4v) is 9.75. The van der Waals surface area contributed by atoms with E-state index in [1.807, 2.05) is 30.3 Å². The van der Waals surface area contributed by atoms with Gasteiger partial charge in [-0.3, -0.25) is 0 Å². The van der Waals surface area contributed by atoms with Crippen LogP contribution in [0.5, 0.6) is 0 Å². The number of epoxide rings is 1. The van der Waals surface area contributed by atoms with Crippen molar-refractivity contribution in [1.29, 1.82) is 0 Å². The molecule has 0 N–H and O–H groups in total. The second kappa shape index (κ2) is 9.25. The van der Waals surface area contributed by atoms with Crippen LogP contribution in [0.4, 0.5) is 0 Å². The normalized spacial score (nSPS) is 42.6. The van der Waals surface area contributed by atoms with Crippen molar-refractivity contribution in [3.8, 4) is 0 Å². The Hall–Kier alpha value is -1.61. The highest BCUT2D eigenvalue weighted by Gasteiger charge is 2.79. The van der Waals surface area contributed by atoms with Crippen molar-refractivity contribution in [2.24, 2.45) is 40.4 Å². The SMILES string of the molecule is CC(C)CCC[C@@H](C)[C@H]1C[C@H]2OC23C2=CC[C@H]4C[C@@H](OC(=O)c5ccccc5)CC[C@]4(C)[C@H]2CC[C@]13C. The molecule has 1 saturated heterocycles. The Morgan fingerprint density at radius 2 is 1.84 bits per heavy atom. The van der Waals surface area contributed by atoms with Gasteiger partial charge in [0.25, 0.3) is 0 Å². The van der Waals surface area contributed by atoms with Crippen LogP contribution in [0.25, 0.3) is 0 Å². The second-order valence-corrected chi connectivity index (χ2v) is 14.3. The molecule has 4 aliphatic carbocycles. The van der Waals surface area contributed by atoms with Gasteiger partial charge in [0.1, 0.15) is 11.7 Å². The van der Waals surface area contributed by atoms with Gasteiger partial charge in [0.2, 0.25) is 0 Å². The first-order chi connectivity index (χ1) is 17.7. The molecule has 1 unspecified atom stereocenters. The Balaban J connectivity index is 1.17. The number of esters is 1. The molecule has 5 aliphatic rings. The van der Waals surface area contributed by atoms with Gasteiger partial charge < -0.3 is 9.47 Å². The van der Waals surface area contributed by atoms with Crippen LogP contribution < -0.4 is 0 Å². The second-order valence-electron chi connectivity index (χ2n) is 14.3. The predicted molar refractivity (Wildman–Crippen MR) is 148 cm³/mol. The van der Waals surface area contributed by atoms with Crippen molar-refractivity contribution < 1.29 is 14.3 Å². The smallest absolute Gasteiger partial charge is 0.338 e. The lowest BCUT2D eigenvalue weighted by Gasteiger charge is -2.58. The van der Waals surface area contributed by atoms with E-state index in [-0.39, 0.29) is 17.7 Å². The first-order valence-electron chi connectivity index (χ1n) is 15.3. The zero-order valence-corrected chi connectivity index (χ0v) is 23.8. The summed E-state index contributed by atoms with van der Waals surface area (Å²) in [6.45, 7) is 12.4. The maximum absolute atomic E-state index is 12.7.